The molecule has 12 N–H and O–H groups in total. The first-order valence-corrected chi connectivity index (χ1v) is 29.7. The Hall–Kier alpha value is -3.52. The van der Waals surface area contributed by atoms with Crippen LogP contribution in [-0.4, -0.2) is 168 Å². The molecule has 0 aliphatic carbocycles. The molecule has 9 atom stereocenters. The Morgan fingerprint density at radius 3 is 1.12 bits per heavy atom. The van der Waals surface area contributed by atoms with Gasteiger partial charge in [-0.2, -0.15) is 0 Å². The predicted molar refractivity (Wildman–Crippen MR) is 308 cm³/mol. The number of nitrogens with zero attached hydrogens (tertiary/aromatic N) is 2. The lowest BCUT2D eigenvalue weighted by Crippen LogP contribution is -2.61. The molecule has 17 heteroatoms. The van der Waals surface area contributed by atoms with Gasteiger partial charge in [0.15, 0.2) is 0 Å². The van der Waals surface area contributed by atoms with E-state index in [-0.39, 0.29) is 23.6 Å². The number of epoxide rings is 1. The first-order valence-electron chi connectivity index (χ1n) is 29.7. The van der Waals surface area contributed by atoms with E-state index >= 15 is 0 Å². The van der Waals surface area contributed by atoms with Crippen LogP contribution in [0.25, 0.3) is 0 Å². The van der Waals surface area contributed by atoms with Crippen LogP contribution >= 0.6 is 0 Å². The minimum Gasteiger partial charge on any atom is -0.392 e. The molecule has 3 aliphatic heterocycles. The lowest BCUT2D eigenvalue weighted by atomic mass is 10.0. The molecule has 3 rings (SSSR count). The van der Waals surface area contributed by atoms with Gasteiger partial charge < -0.3 is 57.9 Å². The van der Waals surface area contributed by atoms with E-state index in [4.69, 9.17) is 16.2 Å². The van der Waals surface area contributed by atoms with Crippen LogP contribution in [-0.2, 0) is 23.9 Å². The number of carbonyl (C=O) groups is 4. The van der Waals surface area contributed by atoms with E-state index in [1.54, 1.807) is 0 Å². The summed E-state index contributed by atoms with van der Waals surface area (Å²) in [7, 11) is 0. The highest BCUT2D eigenvalue weighted by Gasteiger charge is 2.34. The zero-order chi connectivity index (χ0) is 56.2. The second kappa shape index (κ2) is 46.4. The number of rotatable bonds is 42. The van der Waals surface area contributed by atoms with Gasteiger partial charge in [-0.25, -0.2) is 0 Å². The van der Waals surface area contributed by atoms with Crippen molar-refractivity contribution in [3.63, 3.8) is 0 Å². The predicted octanol–water partition coefficient (Wildman–Crippen LogP) is 5.98. The van der Waals surface area contributed by atoms with Crippen molar-refractivity contribution in [1.82, 2.24) is 31.1 Å². The first-order chi connectivity index (χ1) is 36.7. The van der Waals surface area contributed by atoms with Crippen LogP contribution in [0, 0.1) is 0 Å². The van der Waals surface area contributed by atoms with Gasteiger partial charge in [-0.05, 0) is 161 Å². The third kappa shape index (κ3) is 36.6. The summed E-state index contributed by atoms with van der Waals surface area (Å²) in [5.74, 6) is -0.458. The van der Waals surface area contributed by atoms with Crippen molar-refractivity contribution in [3.8, 4) is 0 Å². The number of hydrogen-bond donors (Lipinski definition) is 10. The Morgan fingerprint density at radius 1 is 0.474 bits per heavy atom. The standard InChI is InChI=1S/C40H74N4O6.C12H24N4O2.C7H12O/c1-5-9-13-21-33(45)29-43(30-34(46)22-14-10-6-2)27-19-17-25-37-39(49)42-38(40(50)41-37)26-18-20-28-44(31-35(47)23-15-11-7-3)32-36(48)24-16-12-8-4;13-7-3-1-5-9-11(17)16-10(12(18)15-9)6-2-4-8-14;1-2-3-4-5-7-6-8-7/h9-11,13-15,33-38,45-48H,5-8,12,16-32H2,1-4H3,(H,41,50)(H,42,49);9-10H,1-8,13-14H2,(H,15,18)(H,16,17);3-4,7H,2,5-6H2,1H3/b13-9-,14-10-,15-11-;;4-3-. The van der Waals surface area contributed by atoms with Crippen LogP contribution in [0.2, 0.25) is 0 Å². The molecule has 0 bridgehead atoms. The number of aliphatic hydroxyl groups excluding tert-OH is 4. The average molecular weight is 1080 g/mol. The number of nitrogens with two attached hydrogens (primary N) is 2. The first kappa shape index (κ1) is 70.5. The van der Waals surface area contributed by atoms with Crippen LogP contribution in [0.5, 0.6) is 0 Å². The highest BCUT2D eigenvalue weighted by molar-refractivity contribution is 5.97. The van der Waals surface area contributed by atoms with Crippen molar-refractivity contribution >= 4 is 23.6 Å². The molecule has 440 valence electrons. The van der Waals surface area contributed by atoms with Crippen LogP contribution in [0.15, 0.2) is 48.6 Å². The SMILES string of the molecule is CC/C=C\CC(O)CN(CCCCC1NC(=O)C(CCCCN(CC(O)C/C=C\CC)CC(O)CCCCC)NC1=O)CC(O)C/C=C\CC.CC/C=C\CC1CO1.NCCCCC1NC(=O)C(CCCCN)NC1=O. The van der Waals surface area contributed by atoms with Crippen molar-refractivity contribution in [2.45, 2.75) is 243 Å². The number of amides is 4. The molecule has 4 amide bonds. The van der Waals surface area contributed by atoms with Gasteiger partial charge in [-0.15, -0.1) is 0 Å². The monoisotopic (exact) mass is 1070 g/mol. The molecule has 76 heavy (non-hydrogen) atoms. The molecular weight excluding hydrogens is 965 g/mol. The fourth-order valence-corrected chi connectivity index (χ4v) is 9.05. The second-order valence-corrected chi connectivity index (χ2v) is 20.9. The van der Waals surface area contributed by atoms with Crippen LogP contribution in [0.1, 0.15) is 189 Å². The minimum atomic E-state index is -0.560. The molecule has 3 saturated heterocycles. The van der Waals surface area contributed by atoms with Crippen molar-refractivity contribution in [2.24, 2.45) is 11.5 Å². The normalized spacial score (nSPS) is 21.3. The van der Waals surface area contributed by atoms with Gasteiger partial charge in [-0.3, -0.25) is 29.0 Å². The van der Waals surface area contributed by atoms with E-state index in [0.29, 0.717) is 103 Å². The van der Waals surface area contributed by atoms with E-state index in [2.05, 4.69) is 83.9 Å². The maximum atomic E-state index is 12.9. The van der Waals surface area contributed by atoms with Gasteiger partial charge in [0.1, 0.15) is 24.2 Å². The summed E-state index contributed by atoms with van der Waals surface area (Å²) in [6.45, 7) is 16.0. The molecule has 0 aromatic carbocycles. The van der Waals surface area contributed by atoms with Gasteiger partial charge >= 0.3 is 0 Å². The Morgan fingerprint density at radius 2 is 0.803 bits per heavy atom. The van der Waals surface area contributed by atoms with Crippen molar-refractivity contribution in [3.05, 3.63) is 48.6 Å². The van der Waals surface area contributed by atoms with E-state index in [1.807, 2.05) is 30.4 Å². The fourth-order valence-electron chi connectivity index (χ4n) is 9.05. The Balaban J connectivity index is 0.000000893. The Bertz CT molecular complexity index is 1560. The Labute approximate surface area is 459 Å². The van der Waals surface area contributed by atoms with Crippen LogP contribution in [0.4, 0.5) is 0 Å². The van der Waals surface area contributed by atoms with Gasteiger partial charge in [0.2, 0.25) is 23.6 Å². The van der Waals surface area contributed by atoms with E-state index < -0.39 is 48.6 Å². The second-order valence-electron chi connectivity index (χ2n) is 20.9. The minimum absolute atomic E-state index is 0.0793. The van der Waals surface area contributed by atoms with E-state index in [0.717, 1.165) is 116 Å². The Kier molecular flexibility index (Phi) is 43.0. The number of carbonyl (C=O) groups excluding carboxylic acids is 4. The molecule has 0 spiro atoms. The smallest absolute Gasteiger partial charge is 0.243 e. The largest absolute Gasteiger partial charge is 0.392 e. The number of hydrogen-bond acceptors (Lipinski definition) is 13. The molecule has 3 heterocycles. The highest BCUT2D eigenvalue weighted by atomic mass is 16.6. The molecular formula is C59H110N8O9. The third-order valence-electron chi connectivity index (χ3n) is 13.5. The topological polar surface area (TPSA) is 268 Å². The summed E-state index contributed by atoms with van der Waals surface area (Å²) < 4.78 is 5.00. The summed E-state index contributed by atoms with van der Waals surface area (Å²) >= 11 is 0. The number of allylic oxidation sites excluding steroid dienone is 4. The summed E-state index contributed by atoms with van der Waals surface area (Å²) in [5, 5.41) is 53.7. The zero-order valence-electron chi connectivity index (χ0n) is 48.0. The lowest BCUT2D eigenvalue weighted by molar-refractivity contribution is -0.137. The maximum Gasteiger partial charge on any atom is 0.243 e. The van der Waals surface area contributed by atoms with E-state index in [9.17, 15) is 39.6 Å². The molecule has 0 aromatic rings. The summed E-state index contributed by atoms with van der Waals surface area (Å²) in [6.07, 6.45) is 34.8. The van der Waals surface area contributed by atoms with Crippen molar-refractivity contribution in [2.75, 3.05) is 59.0 Å². The summed E-state index contributed by atoms with van der Waals surface area (Å²) in [6, 6.07) is -1.90. The highest BCUT2D eigenvalue weighted by Crippen LogP contribution is 2.16. The lowest BCUT2D eigenvalue weighted by Gasteiger charge is -2.31. The molecule has 0 aromatic heterocycles. The van der Waals surface area contributed by atoms with Gasteiger partial charge in [0.25, 0.3) is 0 Å². The quantitative estimate of drug-likeness (QED) is 0.0192. The zero-order valence-corrected chi connectivity index (χ0v) is 48.0. The van der Waals surface area contributed by atoms with Gasteiger partial charge in [-0.1, -0.05) is 102 Å². The summed E-state index contributed by atoms with van der Waals surface area (Å²) in [5.41, 5.74) is 10.8. The van der Waals surface area contributed by atoms with E-state index in [1.165, 1.54) is 0 Å². The van der Waals surface area contributed by atoms with Crippen LogP contribution < -0.4 is 32.7 Å². The number of ether oxygens (including phenoxy) is 1. The van der Waals surface area contributed by atoms with Crippen molar-refractivity contribution in [1.29, 1.82) is 0 Å². The summed E-state index contributed by atoms with van der Waals surface area (Å²) in [4.78, 5) is 53.7. The number of aliphatic hydroxyl groups is 4. The third-order valence-corrected chi connectivity index (χ3v) is 13.5. The maximum absolute atomic E-state index is 12.9. The molecule has 0 saturated carbocycles. The van der Waals surface area contributed by atoms with Crippen molar-refractivity contribution < 1.29 is 44.3 Å². The molecule has 17 nitrogen and oxygen atoms in total. The molecule has 9 unspecified atom stereocenters. The average Bonchev–Trinajstić information content (AvgIpc) is 4.22. The molecule has 3 aliphatic rings. The molecule has 0 radical (unpaired) electrons. The molecule has 3 fully saturated rings. The fraction of sp³-hybridized carbons (Fsp3) is 0.797. The number of unbranched alkanes of at least 4 members (excludes halogenated alkanes) is 6. The van der Waals surface area contributed by atoms with Crippen LogP contribution in [0.3, 0.4) is 0 Å². The van der Waals surface area contributed by atoms with Gasteiger partial charge in [0, 0.05) is 26.2 Å². The number of nitrogens with one attached hydrogen (secondary N) is 4. The van der Waals surface area contributed by atoms with Gasteiger partial charge in [0.05, 0.1) is 37.1 Å². The number of piperazine rings is 2.